The van der Waals surface area contributed by atoms with E-state index in [1.807, 2.05) is 0 Å². The molecule has 3 aliphatic rings. The number of nitrogens with one attached hydrogen (secondary N) is 2. The second-order valence-electron chi connectivity index (χ2n) is 14.6. The van der Waals surface area contributed by atoms with Crippen LogP contribution in [0.2, 0.25) is 0 Å². The summed E-state index contributed by atoms with van der Waals surface area (Å²) in [7, 11) is -2.44. The van der Waals surface area contributed by atoms with Crippen LogP contribution in [0.1, 0.15) is 82.1 Å². The third kappa shape index (κ3) is 8.32. The molecule has 1 saturated heterocycles. The standard InChI is InChI=1S/C35H47FN4O6S/c1-22-10-12-23(13-11-22)30(38-31(41)24-8-7-9-25(18-24)39-47(5,6)44)32(42)37-26-19-27(36)29-28(20-26)40(33(43)46-34(2,3)4)21-35(29)14-16-45-17-15-35/h7-9,18-20,22-23,30H,10-17,21H2,1-6H3,(H,37,42)(H,38,41)/t22?,23?,30-/m0/s1. The lowest BCUT2D eigenvalue weighted by molar-refractivity contribution is -0.119. The highest BCUT2D eigenvalue weighted by Gasteiger charge is 2.49. The Labute approximate surface area is 277 Å². The minimum Gasteiger partial charge on any atom is -0.443 e. The van der Waals surface area contributed by atoms with E-state index in [9.17, 15) is 18.6 Å². The molecule has 1 aliphatic carbocycles. The fourth-order valence-electron chi connectivity index (χ4n) is 6.94. The van der Waals surface area contributed by atoms with Crippen molar-refractivity contribution in [2.24, 2.45) is 16.2 Å². The van der Waals surface area contributed by atoms with Crippen LogP contribution in [0.4, 0.5) is 26.2 Å². The number of rotatable bonds is 6. The first-order chi connectivity index (χ1) is 22.0. The molecule has 1 atom stereocenters. The largest absolute Gasteiger partial charge is 0.443 e. The molecule has 47 heavy (non-hydrogen) atoms. The van der Waals surface area contributed by atoms with Gasteiger partial charge in [-0.15, -0.1) is 0 Å². The van der Waals surface area contributed by atoms with Gasteiger partial charge < -0.3 is 20.1 Å². The first-order valence-electron chi connectivity index (χ1n) is 16.3. The van der Waals surface area contributed by atoms with Crippen molar-refractivity contribution in [2.75, 3.05) is 42.5 Å². The van der Waals surface area contributed by atoms with Gasteiger partial charge in [-0.25, -0.2) is 13.4 Å². The SMILES string of the molecule is CC1CCC([C@H](NC(=O)c2cccc(N=S(C)(C)=O)c2)C(=O)Nc2cc(F)c3c(c2)N(C(=O)OC(C)(C)C)CC32CCOCC2)CC1. The van der Waals surface area contributed by atoms with E-state index < -0.39 is 50.5 Å². The molecule has 2 aromatic carbocycles. The van der Waals surface area contributed by atoms with Crippen molar-refractivity contribution < 1.29 is 32.5 Å². The van der Waals surface area contributed by atoms with Gasteiger partial charge >= 0.3 is 6.09 Å². The Morgan fingerprint density at radius 1 is 1.09 bits per heavy atom. The highest BCUT2D eigenvalue weighted by molar-refractivity contribution is 7.92. The molecular weight excluding hydrogens is 623 g/mol. The maximum Gasteiger partial charge on any atom is 0.414 e. The second-order valence-corrected chi connectivity index (χ2v) is 17.1. The summed E-state index contributed by atoms with van der Waals surface area (Å²) < 4.78 is 43.8. The van der Waals surface area contributed by atoms with Crippen molar-refractivity contribution in [2.45, 2.75) is 83.3 Å². The highest BCUT2D eigenvalue weighted by atomic mass is 32.2. The summed E-state index contributed by atoms with van der Waals surface area (Å²) in [5, 5.41) is 5.80. The van der Waals surface area contributed by atoms with Crippen LogP contribution in [0.15, 0.2) is 40.8 Å². The van der Waals surface area contributed by atoms with Crippen LogP contribution in [-0.4, -0.2) is 66.0 Å². The fourth-order valence-corrected chi connectivity index (χ4v) is 7.56. The second kappa shape index (κ2) is 13.5. The summed E-state index contributed by atoms with van der Waals surface area (Å²) in [5.74, 6) is -1.05. The van der Waals surface area contributed by atoms with Crippen LogP contribution in [0.25, 0.3) is 0 Å². The third-order valence-corrected chi connectivity index (χ3v) is 9.87. The lowest BCUT2D eigenvalue weighted by atomic mass is 9.75. The average molecular weight is 671 g/mol. The van der Waals surface area contributed by atoms with Gasteiger partial charge in [0.05, 0.1) is 11.4 Å². The summed E-state index contributed by atoms with van der Waals surface area (Å²) in [6.07, 6.45) is 6.90. The number of anilines is 2. The number of fused-ring (bicyclic) bond motifs is 2. The average Bonchev–Trinajstić information content (AvgIpc) is 3.28. The van der Waals surface area contributed by atoms with E-state index >= 15 is 4.39 Å². The van der Waals surface area contributed by atoms with Gasteiger partial charge in [0.2, 0.25) is 5.91 Å². The minimum atomic E-state index is -2.44. The molecule has 2 aliphatic heterocycles. The van der Waals surface area contributed by atoms with Crippen LogP contribution in [0.3, 0.4) is 0 Å². The van der Waals surface area contributed by atoms with Crippen LogP contribution in [-0.2, 0) is 29.4 Å². The van der Waals surface area contributed by atoms with E-state index in [0.717, 1.165) is 25.7 Å². The summed E-state index contributed by atoms with van der Waals surface area (Å²) in [6.45, 7) is 8.67. The summed E-state index contributed by atoms with van der Waals surface area (Å²) in [6, 6.07) is 8.53. The Balaban J connectivity index is 1.44. The molecule has 5 rings (SSSR count). The van der Waals surface area contributed by atoms with E-state index in [1.165, 1.54) is 23.5 Å². The van der Waals surface area contributed by atoms with Crippen molar-refractivity contribution in [3.63, 3.8) is 0 Å². The van der Waals surface area contributed by atoms with Crippen molar-refractivity contribution >= 4 is 44.7 Å². The van der Waals surface area contributed by atoms with E-state index in [1.54, 1.807) is 51.1 Å². The number of amides is 3. The molecule has 0 radical (unpaired) electrons. The molecule has 2 heterocycles. The molecule has 2 N–H and O–H groups in total. The van der Waals surface area contributed by atoms with Crippen LogP contribution in [0.5, 0.6) is 0 Å². The molecule has 1 saturated carbocycles. The topological polar surface area (TPSA) is 126 Å². The number of nitrogens with zero attached hydrogens (tertiary/aromatic N) is 2. The van der Waals surface area contributed by atoms with Crippen molar-refractivity contribution in [1.82, 2.24) is 5.32 Å². The van der Waals surface area contributed by atoms with Gasteiger partial charge in [-0.05, 0) is 88.6 Å². The summed E-state index contributed by atoms with van der Waals surface area (Å²) in [4.78, 5) is 42.4. The number of hydrogen-bond donors (Lipinski definition) is 2. The molecule has 2 fully saturated rings. The monoisotopic (exact) mass is 670 g/mol. The van der Waals surface area contributed by atoms with E-state index in [4.69, 9.17) is 9.47 Å². The van der Waals surface area contributed by atoms with Gasteiger partial charge in [0, 0.05) is 64.2 Å². The molecule has 3 amide bonds. The predicted molar refractivity (Wildman–Crippen MR) is 181 cm³/mol. The zero-order valence-electron chi connectivity index (χ0n) is 28.2. The Morgan fingerprint density at radius 3 is 2.40 bits per heavy atom. The maximum atomic E-state index is 16.1. The quantitative estimate of drug-likeness (QED) is 0.359. The van der Waals surface area contributed by atoms with Gasteiger partial charge in [0.25, 0.3) is 5.91 Å². The van der Waals surface area contributed by atoms with Gasteiger partial charge in [-0.3, -0.25) is 14.5 Å². The van der Waals surface area contributed by atoms with E-state index in [2.05, 4.69) is 21.9 Å². The normalized spacial score (nSPS) is 21.5. The number of carbonyl (C=O) groups excluding carboxylic acids is 3. The Bertz CT molecular complexity index is 1640. The maximum absolute atomic E-state index is 16.1. The van der Waals surface area contributed by atoms with Gasteiger partial charge in [-0.1, -0.05) is 25.8 Å². The minimum absolute atomic E-state index is 0.129. The van der Waals surface area contributed by atoms with Gasteiger partial charge in [-0.2, -0.15) is 4.36 Å². The number of hydrogen-bond acceptors (Lipinski definition) is 7. The van der Waals surface area contributed by atoms with Crippen molar-refractivity contribution in [1.29, 1.82) is 0 Å². The zero-order chi connectivity index (χ0) is 34.1. The fraction of sp³-hybridized carbons (Fsp3) is 0.571. The molecule has 10 nitrogen and oxygen atoms in total. The lowest BCUT2D eigenvalue weighted by Crippen LogP contribution is -2.49. The third-order valence-electron chi connectivity index (χ3n) is 9.22. The number of benzene rings is 2. The molecule has 1 spiro atoms. The Kier molecular flexibility index (Phi) is 10.0. The zero-order valence-corrected chi connectivity index (χ0v) is 29.0. The number of ether oxygens (including phenoxy) is 2. The highest BCUT2D eigenvalue weighted by Crippen LogP contribution is 2.49. The van der Waals surface area contributed by atoms with Gasteiger partial charge in [0.1, 0.15) is 17.5 Å². The van der Waals surface area contributed by atoms with E-state index in [-0.39, 0.29) is 23.7 Å². The van der Waals surface area contributed by atoms with Crippen LogP contribution in [0, 0.1) is 17.7 Å². The van der Waals surface area contributed by atoms with Gasteiger partial charge in [0.15, 0.2) is 0 Å². The smallest absolute Gasteiger partial charge is 0.414 e. The molecule has 12 heteroatoms. The first-order valence-corrected chi connectivity index (χ1v) is 18.7. The first kappa shape index (κ1) is 34.8. The number of carbonyl (C=O) groups is 3. The van der Waals surface area contributed by atoms with Crippen molar-refractivity contribution in [3.05, 3.63) is 53.3 Å². The van der Waals surface area contributed by atoms with Crippen molar-refractivity contribution in [3.8, 4) is 0 Å². The molecule has 2 aromatic rings. The van der Waals surface area contributed by atoms with E-state index in [0.29, 0.717) is 48.9 Å². The Morgan fingerprint density at radius 2 is 1.77 bits per heavy atom. The van der Waals surface area contributed by atoms with Crippen LogP contribution < -0.4 is 15.5 Å². The molecule has 0 unspecified atom stereocenters. The lowest BCUT2D eigenvalue weighted by Gasteiger charge is -2.34. The predicted octanol–water partition coefficient (Wildman–Crippen LogP) is 6.55. The summed E-state index contributed by atoms with van der Waals surface area (Å²) >= 11 is 0. The van der Waals surface area contributed by atoms with Crippen LogP contribution >= 0.6 is 0 Å². The Hall–Kier alpha value is -3.51. The molecule has 0 aromatic heterocycles. The number of halogens is 1. The molecule has 0 bridgehead atoms. The molecule has 256 valence electrons. The summed E-state index contributed by atoms with van der Waals surface area (Å²) in [5.41, 5.74) is 0.317. The molecular formula is C35H47FN4O6S.